The first-order valence-electron chi connectivity index (χ1n) is 9.74. The normalized spacial score (nSPS) is 43.3. The second-order valence-corrected chi connectivity index (χ2v) is 9.81. The van der Waals surface area contributed by atoms with Crippen molar-refractivity contribution in [3.05, 3.63) is 34.7 Å². The topological polar surface area (TPSA) is 47.9 Å². The minimum atomic E-state index is -0.779. The maximum Gasteiger partial charge on any atom is 0.269 e. The fraction of sp³-hybridized carbons (Fsp3) is 0.619. The highest BCUT2D eigenvalue weighted by Crippen LogP contribution is 2.69. The molecule has 4 bridgehead atoms. The highest BCUT2D eigenvalue weighted by atomic mass is 32.1. The lowest BCUT2D eigenvalue weighted by atomic mass is 9.47. The molecule has 1 aromatic heterocycles. The number of thiophene rings is 1. The molecule has 1 spiro atoms. The molecule has 1 N–H and O–H groups in total. The second-order valence-electron chi connectivity index (χ2n) is 8.73. The minimum Gasteiger partial charge on any atom is -0.392 e. The Labute approximate surface area is 157 Å². The third-order valence-electron chi connectivity index (χ3n) is 7.54. The van der Waals surface area contributed by atoms with E-state index < -0.39 is 5.79 Å². The van der Waals surface area contributed by atoms with Gasteiger partial charge in [-0.25, -0.2) is 4.89 Å². The lowest BCUT2D eigenvalue weighted by molar-refractivity contribution is -0.644. The number of hydrogen-bond donors (Lipinski definition) is 1. The van der Waals surface area contributed by atoms with E-state index >= 15 is 0 Å². The van der Waals surface area contributed by atoms with Gasteiger partial charge < -0.3 is 9.84 Å². The Morgan fingerprint density at radius 2 is 1.81 bits per heavy atom. The zero-order chi connectivity index (χ0) is 17.5. The molecule has 5 heteroatoms. The van der Waals surface area contributed by atoms with E-state index in [1.165, 1.54) is 36.8 Å². The fourth-order valence-electron chi connectivity index (χ4n) is 6.65. The molecule has 7 rings (SSSR count). The Hall–Kier alpha value is -0.980. The number of benzene rings is 1. The lowest BCUT2D eigenvalue weighted by Crippen LogP contribution is -2.76. The van der Waals surface area contributed by atoms with Crippen LogP contribution in [0.5, 0.6) is 0 Å². The molecule has 5 fully saturated rings. The van der Waals surface area contributed by atoms with Gasteiger partial charge in [0.15, 0.2) is 5.60 Å². The van der Waals surface area contributed by atoms with Crippen molar-refractivity contribution in [1.82, 2.24) is 0 Å². The Kier molecular flexibility index (Phi) is 3.26. The van der Waals surface area contributed by atoms with Gasteiger partial charge in [0.05, 0.1) is 11.5 Å². The van der Waals surface area contributed by atoms with Gasteiger partial charge in [-0.2, -0.15) is 4.89 Å². The first-order chi connectivity index (χ1) is 12.7. The second kappa shape index (κ2) is 5.30. The highest BCUT2D eigenvalue weighted by Gasteiger charge is 2.77. The number of methoxy groups -OCH3 is 1. The summed E-state index contributed by atoms with van der Waals surface area (Å²) in [7, 11) is 1.76. The molecule has 2 heterocycles. The van der Waals surface area contributed by atoms with Crippen LogP contribution in [0.4, 0.5) is 0 Å². The van der Waals surface area contributed by atoms with E-state index in [1.54, 1.807) is 18.4 Å². The molecule has 1 saturated heterocycles. The Balaban J connectivity index is 1.47. The van der Waals surface area contributed by atoms with Crippen LogP contribution >= 0.6 is 11.3 Å². The van der Waals surface area contributed by atoms with Crippen LogP contribution in [0.1, 0.15) is 42.5 Å². The van der Waals surface area contributed by atoms with E-state index in [1.807, 2.05) is 6.07 Å². The molecule has 1 aromatic carbocycles. The van der Waals surface area contributed by atoms with Gasteiger partial charge >= 0.3 is 0 Å². The summed E-state index contributed by atoms with van der Waals surface area (Å²) < 4.78 is 7.34. The van der Waals surface area contributed by atoms with Crippen LogP contribution in [-0.2, 0) is 26.9 Å². The van der Waals surface area contributed by atoms with Crippen LogP contribution in [0.3, 0.4) is 0 Å². The molecule has 0 amide bonds. The number of rotatable bonds is 3. The molecule has 2 aromatic rings. The summed E-state index contributed by atoms with van der Waals surface area (Å²) in [5.74, 6) is 2.03. The minimum absolute atomic E-state index is 0.0625. The van der Waals surface area contributed by atoms with Crippen molar-refractivity contribution in [3.8, 4) is 0 Å². The van der Waals surface area contributed by atoms with Crippen LogP contribution in [-0.4, -0.2) is 17.8 Å². The quantitative estimate of drug-likeness (QED) is 0.814. The summed E-state index contributed by atoms with van der Waals surface area (Å²) >= 11 is 1.73. The predicted molar refractivity (Wildman–Crippen MR) is 98.4 cm³/mol. The molecule has 4 nitrogen and oxygen atoms in total. The standard InChI is InChI=1S/C21H24O4S/c1-23-21(19-10-15-5-12(11-22)2-3-18(15)26-19)20(24-25-21)16-6-13-4-14(8-16)9-17(20)7-13/h2-3,5,10,13-14,16-17,22H,4,6-9,11H2,1H3. The molecule has 1 unspecified atom stereocenters. The van der Waals surface area contributed by atoms with Gasteiger partial charge in [0.2, 0.25) is 0 Å². The van der Waals surface area contributed by atoms with E-state index in [-0.39, 0.29) is 12.2 Å². The van der Waals surface area contributed by atoms with Gasteiger partial charge in [0, 0.05) is 11.8 Å². The van der Waals surface area contributed by atoms with Gasteiger partial charge in [-0.15, -0.1) is 11.3 Å². The molecule has 4 saturated carbocycles. The van der Waals surface area contributed by atoms with E-state index in [0.29, 0.717) is 11.8 Å². The Morgan fingerprint density at radius 1 is 1.08 bits per heavy atom. The lowest BCUT2D eigenvalue weighted by Gasteiger charge is -2.68. The highest BCUT2D eigenvalue weighted by molar-refractivity contribution is 7.19. The van der Waals surface area contributed by atoms with Gasteiger partial charge in [0.1, 0.15) is 0 Å². The number of hydrogen-bond acceptors (Lipinski definition) is 5. The molecule has 0 radical (unpaired) electrons. The molecule has 5 aliphatic rings. The van der Waals surface area contributed by atoms with Crippen molar-refractivity contribution in [2.45, 2.75) is 50.1 Å². The van der Waals surface area contributed by atoms with Gasteiger partial charge in [-0.05, 0) is 84.9 Å². The largest absolute Gasteiger partial charge is 0.392 e. The summed E-state index contributed by atoms with van der Waals surface area (Å²) in [5, 5.41) is 10.6. The summed E-state index contributed by atoms with van der Waals surface area (Å²) in [5.41, 5.74) is 0.610. The first-order valence-corrected chi connectivity index (χ1v) is 10.6. The van der Waals surface area contributed by atoms with Gasteiger partial charge in [-0.3, -0.25) is 0 Å². The van der Waals surface area contributed by atoms with Gasteiger partial charge in [-0.1, -0.05) is 6.07 Å². The van der Waals surface area contributed by atoms with Crippen LogP contribution < -0.4 is 0 Å². The maximum atomic E-state index is 9.44. The van der Waals surface area contributed by atoms with Crippen molar-refractivity contribution in [2.24, 2.45) is 23.7 Å². The Morgan fingerprint density at radius 3 is 2.38 bits per heavy atom. The van der Waals surface area contributed by atoms with Gasteiger partial charge in [0.25, 0.3) is 5.79 Å². The van der Waals surface area contributed by atoms with E-state index in [9.17, 15) is 5.11 Å². The van der Waals surface area contributed by atoms with Crippen LogP contribution in [0.25, 0.3) is 10.1 Å². The molecule has 138 valence electrons. The number of aliphatic hydroxyl groups is 1. The molecule has 1 atom stereocenters. The summed E-state index contributed by atoms with van der Waals surface area (Å²) in [6.07, 6.45) is 6.42. The van der Waals surface area contributed by atoms with E-state index in [0.717, 1.165) is 27.7 Å². The third-order valence-corrected chi connectivity index (χ3v) is 8.74. The maximum absolute atomic E-state index is 9.44. The SMILES string of the molecule is COC1(c2cc3cc(CO)ccc3s2)OOC12C1CC3CC(C1)CC2C3. The zero-order valence-electron chi connectivity index (χ0n) is 14.9. The van der Waals surface area contributed by atoms with E-state index in [2.05, 4.69) is 18.2 Å². The molecule has 1 aliphatic heterocycles. The van der Waals surface area contributed by atoms with Crippen molar-refractivity contribution < 1.29 is 19.6 Å². The predicted octanol–water partition coefficient (Wildman–Crippen LogP) is 4.35. The summed E-state index contributed by atoms with van der Waals surface area (Å²) in [6, 6.07) is 8.31. The number of fused-ring (bicyclic) bond motifs is 1. The fourth-order valence-corrected chi connectivity index (χ4v) is 7.86. The van der Waals surface area contributed by atoms with Crippen LogP contribution in [0, 0.1) is 23.7 Å². The van der Waals surface area contributed by atoms with E-state index in [4.69, 9.17) is 14.5 Å². The number of aliphatic hydroxyl groups excluding tert-OH is 1. The van der Waals surface area contributed by atoms with Crippen molar-refractivity contribution >= 4 is 21.4 Å². The smallest absolute Gasteiger partial charge is 0.269 e. The Bertz CT molecular complexity index is 842. The van der Waals surface area contributed by atoms with Crippen LogP contribution in [0.2, 0.25) is 0 Å². The molecular weight excluding hydrogens is 348 g/mol. The van der Waals surface area contributed by atoms with Crippen molar-refractivity contribution in [2.75, 3.05) is 7.11 Å². The summed E-state index contributed by atoms with van der Waals surface area (Å²) in [6.45, 7) is 0.0625. The van der Waals surface area contributed by atoms with Crippen molar-refractivity contribution in [1.29, 1.82) is 0 Å². The first kappa shape index (κ1) is 16.0. The third kappa shape index (κ3) is 1.79. The average molecular weight is 372 g/mol. The molecular formula is C21H24O4S. The monoisotopic (exact) mass is 372 g/mol. The number of ether oxygens (including phenoxy) is 1. The summed E-state index contributed by atoms with van der Waals surface area (Å²) in [4.78, 5) is 13.0. The average Bonchev–Trinajstić information content (AvgIpc) is 3.04. The molecule has 4 aliphatic carbocycles. The zero-order valence-corrected chi connectivity index (χ0v) is 15.8. The van der Waals surface area contributed by atoms with Crippen molar-refractivity contribution in [3.63, 3.8) is 0 Å². The van der Waals surface area contributed by atoms with Crippen LogP contribution in [0.15, 0.2) is 24.3 Å². The molecule has 26 heavy (non-hydrogen) atoms.